The van der Waals surface area contributed by atoms with Crippen LogP contribution in [0.1, 0.15) is 17.5 Å². The van der Waals surface area contributed by atoms with Crippen molar-refractivity contribution < 1.29 is 18.0 Å². The van der Waals surface area contributed by atoms with E-state index in [0.29, 0.717) is 24.1 Å². The van der Waals surface area contributed by atoms with E-state index in [0.717, 1.165) is 12.1 Å². The molecule has 0 spiro atoms. The van der Waals surface area contributed by atoms with E-state index < -0.39 is 11.6 Å². The van der Waals surface area contributed by atoms with Crippen LogP contribution in [0.2, 0.25) is 0 Å². The fourth-order valence-electron chi connectivity index (χ4n) is 2.13. The second kappa shape index (κ2) is 7.11. The maximum atomic E-state index is 13.1. The average Bonchev–Trinajstić information content (AvgIpc) is 2.48. The molecule has 0 atom stereocenters. The van der Waals surface area contributed by atoms with Crippen molar-refractivity contribution >= 4 is 5.91 Å². The van der Waals surface area contributed by atoms with E-state index in [4.69, 9.17) is 0 Å². The van der Waals surface area contributed by atoms with Crippen LogP contribution < -0.4 is 0 Å². The lowest BCUT2D eigenvalue weighted by Crippen LogP contribution is -2.26. The van der Waals surface area contributed by atoms with Crippen LogP contribution in [-0.2, 0) is 17.8 Å². The van der Waals surface area contributed by atoms with Crippen molar-refractivity contribution in [3.8, 4) is 0 Å². The molecule has 0 aliphatic carbocycles. The summed E-state index contributed by atoms with van der Waals surface area (Å²) < 4.78 is 39.0. The first-order valence-corrected chi connectivity index (χ1v) is 6.88. The monoisotopic (exact) mass is 307 g/mol. The van der Waals surface area contributed by atoms with Gasteiger partial charge in [-0.25, -0.2) is 13.2 Å². The molecule has 0 unspecified atom stereocenters. The number of amides is 1. The molecule has 2 nitrogen and oxygen atoms in total. The third-order valence-corrected chi connectivity index (χ3v) is 3.35. The van der Waals surface area contributed by atoms with E-state index in [2.05, 4.69) is 0 Å². The lowest BCUT2D eigenvalue weighted by Gasteiger charge is -2.17. The molecule has 0 aliphatic heterocycles. The van der Waals surface area contributed by atoms with Crippen LogP contribution in [0.15, 0.2) is 42.5 Å². The highest BCUT2D eigenvalue weighted by molar-refractivity contribution is 5.76. The van der Waals surface area contributed by atoms with Gasteiger partial charge in [0.1, 0.15) is 5.82 Å². The molecule has 2 aromatic carbocycles. The standard InChI is InChI=1S/C17H16F3NO/c1-21(11-13-3-2-4-14(18)9-13)17(22)8-6-12-5-7-15(19)16(20)10-12/h2-5,7,9-10H,6,8,11H2,1H3. The van der Waals surface area contributed by atoms with Crippen LogP contribution in [0.4, 0.5) is 13.2 Å². The highest BCUT2D eigenvalue weighted by Crippen LogP contribution is 2.12. The Labute approximate surface area is 127 Å². The number of hydrogen-bond acceptors (Lipinski definition) is 1. The first-order valence-electron chi connectivity index (χ1n) is 6.88. The Morgan fingerprint density at radius 3 is 2.45 bits per heavy atom. The number of hydrogen-bond donors (Lipinski definition) is 0. The summed E-state index contributed by atoms with van der Waals surface area (Å²) in [6.07, 6.45) is 0.500. The average molecular weight is 307 g/mol. The zero-order valence-electron chi connectivity index (χ0n) is 12.2. The van der Waals surface area contributed by atoms with Gasteiger partial charge >= 0.3 is 0 Å². The molecule has 2 aromatic rings. The molecule has 0 fully saturated rings. The van der Waals surface area contributed by atoms with Gasteiger partial charge in [-0.1, -0.05) is 18.2 Å². The molecule has 5 heteroatoms. The second-order valence-electron chi connectivity index (χ2n) is 5.13. The van der Waals surface area contributed by atoms with Gasteiger partial charge in [0.15, 0.2) is 11.6 Å². The van der Waals surface area contributed by atoms with Crippen molar-refractivity contribution in [1.29, 1.82) is 0 Å². The summed E-state index contributed by atoms with van der Waals surface area (Å²) in [6, 6.07) is 9.64. The summed E-state index contributed by atoms with van der Waals surface area (Å²) in [6.45, 7) is 0.300. The Morgan fingerprint density at radius 1 is 1.00 bits per heavy atom. The zero-order chi connectivity index (χ0) is 16.1. The molecular formula is C17H16F3NO. The Kier molecular flexibility index (Phi) is 5.20. The van der Waals surface area contributed by atoms with Gasteiger partial charge in [-0.15, -0.1) is 0 Å². The topological polar surface area (TPSA) is 20.3 Å². The SMILES string of the molecule is CN(Cc1cccc(F)c1)C(=O)CCc1ccc(F)c(F)c1. The lowest BCUT2D eigenvalue weighted by molar-refractivity contribution is -0.130. The Morgan fingerprint density at radius 2 is 1.77 bits per heavy atom. The van der Waals surface area contributed by atoms with Gasteiger partial charge in [0, 0.05) is 20.0 Å². The van der Waals surface area contributed by atoms with E-state index in [-0.39, 0.29) is 18.1 Å². The first-order chi connectivity index (χ1) is 10.5. The summed E-state index contributed by atoms with van der Waals surface area (Å²) >= 11 is 0. The predicted octanol–water partition coefficient (Wildman–Crippen LogP) is 3.70. The zero-order valence-corrected chi connectivity index (χ0v) is 12.2. The Hall–Kier alpha value is -2.30. The molecule has 0 N–H and O–H groups in total. The maximum Gasteiger partial charge on any atom is 0.222 e. The summed E-state index contributed by atoms with van der Waals surface area (Å²) in [7, 11) is 1.62. The van der Waals surface area contributed by atoms with Crippen molar-refractivity contribution in [2.24, 2.45) is 0 Å². The highest BCUT2D eigenvalue weighted by atomic mass is 19.2. The molecule has 22 heavy (non-hydrogen) atoms. The molecule has 0 saturated carbocycles. The fourth-order valence-corrected chi connectivity index (χ4v) is 2.13. The van der Waals surface area contributed by atoms with Gasteiger partial charge in [0.25, 0.3) is 0 Å². The molecular weight excluding hydrogens is 291 g/mol. The molecule has 0 aromatic heterocycles. The predicted molar refractivity (Wildman–Crippen MR) is 77.6 cm³/mol. The number of halogens is 3. The smallest absolute Gasteiger partial charge is 0.222 e. The van der Waals surface area contributed by atoms with E-state index in [9.17, 15) is 18.0 Å². The summed E-state index contributed by atoms with van der Waals surface area (Å²) in [5.74, 6) is -2.31. The lowest BCUT2D eigenvalue weighted by atomic mass is 10.1. The molecule has 116 valence electrons. The quantitative estimate of drug-likeness (QED) is 0.825. The van der Waals surface area contributed by atoms with Gasteiger partial charge in [0.2, 0.25) is 5.91 Å². The Bertz CT molecular complexity index is 673. The van der Waals surface area contributed by atoms with E-state index in [1.54, 1.807) is 19.2 Å². The molecule has 0 bridgehead atoms. The van der Waals surface area contributed by atoms with Crippen LogP contribution in [0.25, 0.3) is 0 Å². The first kappa shape index (κ1) is 16.1. The van der Waals surface area contributed by atoms with Crippen LogP contribution >= 0.6 is 0 Å². The van der Waals surface area contributed by atoms with Gasteiger partial charge < -0.3 is 4.90 Å². The van der Waals surface area contributed by atoms with Gasteiger partial charge in [-0.05, 0) is 41.8 Å². The Balaban J connectivity index is 1.89. The van der Waals surface area contributed by atoms with E-state index in [1.807, 2.05) is 0 Å². The summed E-state index contributed by atoms with van der Waals surface area (Å²) in [4.78, 5) is 13.5. The molecule has 0 aliphatic rings. The van der Waals surface area contributed by atoms with Crippen molar-refractivity contribution in [1.82, 2.24) is 4.90 Å². The number of carbonyl (C=O) groups excluding carboxylic acids is 1. The van der Waals surface area contributed by atoms with Crippen LogP contribution in [0.3, 0.4) is 0 Å². The number of aryl methyl sites for hydroxylation is 1. The minimum atomic E-state index is -0.918. The summed E-state index contributed by atoms with van der Waals surface area (Å²) in [5.41, 5.74) is 1.26. The van der Waals surface area contributed by atoms with Crippen molar-refractivity contribution in [3.05, 3.63) is 71.0 Å². The number of benzene rings is 2. The number of carbonyl (C=O) groups is 1. The molecule has 0 heterocycles. The largest absolute Gasteiger partial charge is 0.341 e. The fraction of sp³-hybridized carbons (Fsp3) is 0.235. The number of rotatable bonds is 5. The van der Waals surface area contributed by atoms with Gasteiger partial charge in [0.05, 0.1) is 0 Å². The van der Waals surface area contributed by atoms with Gasteiger partial charge in [-0.2, -0.15) is 0 Å². The van der Waals surface area contributed by atoms with Crippen molar-refractivity contribution in [2.45, 2.75) is 19.4 Å². The summed E-state index contributed by atoms with van der Waals surface area (Å²) in [5, 5.41) is 0. The maximum absolute atomic E-state index is 13.1. The minimum Gasteiger partial charge on any atom is -0.341 e. The van der Waals surface area contributed by atoms with Gasteiger partial charge in [-0.3, -0.25) is 4.79 Å². The number of nitrogens with zero attached hydrogens (tertiary/aromatic N) is 1. The minimum absolute atomic E-state index is 0.144. The van der Waals surface area contributed by atoms with Crippen LogP contribution in [0, 0.1) is 17.5 Å². The molecule has 0 radical (unpaired) electrons. The molecule has 0 saturated heterocycles. The van der Waals surface area contributed by atoms with Crippen molar-refractivity contribution in [2.75, 3.05) is 7.05 Å². The van der Waals surface area contributed by atoms with Crippen LogP contribution in [-0.4, -0.2) is 17.9 Å². The molecule has 1 amide bonds. The van der Waals surface area contributed by atoms with Crippen LogP contribution in [0.5, 0.6) is 0 Å². The molecule has 2 rings (SSSR count). The third-order valence-electron chi connectivity index (χ3n) is 3.35. The van der Waals surface area contributed by atoms with E-state index >= 15 is 0 Å². The third kappa shape index (κ3) is 4.35. The second-order valence-corrected chi connectivity index (χ2v) is 5.13. The normalized spacial score (nSPS) is 10.5. The van der Waals surface area contributed by atoms with Crippen molar-refractivity contribution in [3.63, 3.8) is 0 Å². The highest BCUT2D eigenvalue weighted by Gasteiger charge is 2.11. The van der Waals surface area contributed by atoms with E-state index in [1.165, 1.54) is 23.1 Å².